The van der Waals surface area contributed by atoms with E-state index in [1.165, 1.54) is 16.7 Å². The molecule has 0 bridgehead atoms. The van der Waals surface area contributed by atoms with Gasteiger partial charge in [-0.25, -0.2) is 0 Å². The first-order valence-electron chi connectivity index (χ1n) is 26.4. The monoisotopic (exact) mass is 1020 g/mol. The number of phenolic OH excluding ortho intramolecular Hbond substituents is 1. The van der Waals surface area contributed by atoms with Gasteiger partial charge in [-0.3, -0.25) is 28.8 Å². The number of aromatic hydroxyl groups is 1. The van der Waals surface area contributed by atoms with Gasteiger partial charge < -0.3 is 46.5 Å². The molecule has 6 atom stereocenters. The number of amides is 6. The van der Waals surface area contributed by atoms with Crippen molar-refractivity contribution in [2.24, 2.45) is 23.2 Å². The summed E-state index contributed by atoms with van der Waals surface area (Å²) in [4.78, 5) is 75.3. The molecule has 4 aromatic rings. The van der Waals surface area contributed by atoms with Gasteiger partial charge >= 0.3 is 0 Å². The molecule has 8 rings (SSSR count). The second kappa shape index (κ2) is 25.7. The zero-order chi connectivity index (χ0) is 51.2. The minimum atomic E-state index is -0.819. The number of aryl methyl sites for hydroxylation is 2. The largest absolute Gasteiger partial charge is 0.508 e. The number of phenols is 1. The van der Waals surface area contributed by atoms with E-state index < -0.39 is 6.04 Å². The Labute approximate surface area is 432 Å². The first kappa shape index (κ1) is 53.2. The van der Waals surface area contributed by atoms with Crippen LogP contribution in [-0.4, -0.2) is 92.7 Å². The van der Waals surface area contributed by atoms with Gasteiger partial charge in [-0.2, -0.15) is 0 Å². The van der Waals surface area contributed by atoms with Gasteiger partial charge in [0, 0.05) is 61.8 Å². The van der Waals surface area contributed by atoms with Gasteiger partial charge in [-0.15, -0.1) is 11.3 Å². The van der Waals surface area contributed by atoms with Crippen LogP contribution in [0.5, 0.6) is 5.75 Å². The number of anilines is 2. The fraction of sp³-hybridized carbons (Fsp3) is 0.509. The number of rotatable bonds is 26. The standard InChI is InChI=1S/C57H72N6O9S/c1-57-26-24-44-42-20-17-41(64)32-37(42)14-18-45(44)47(57)21-15-39(57)34-72-35-54(68)60-29-9-30-71-31-25-52(66)59-28-8-2-7-27-58-51(65)13-6-3-10-38-36-73-50-33-40(16-19-43(38)50)61-53(67)23-22-49-56(70)62-48-12-5-4-11-46(48)55(69)63-49/h4-5,11-12,15-17,19-21,32-33,36,39,44-45,47,49,64H,2-3,6-10,13-14,18,22-31,34-35H2,1H3,(H,58,65)(H,59,66)(H,60,68)(H,61,67)(H,62,70)(H,63,69)/t39?,44?,45?,47?,49?,57-/m1/s1. The number of benzene rings is 3. The highest BCUT2D eigenvalue weighted by Crippen LogP contribution is 2.60. The Kier molecular flexibility index (Phi) is 18.7. The normalized spacial score (nSPS) is 21.7. The Hall–Kier alpha value is -6.10. The Morgan fingerprint density at radius 2 is 1.59 bits per heavy atom. The molecule has 73 heavy (non-hydrogen) atoms. The molecular weight excluding hydrogens is 945 g/mol. The summed E-state index contributed by atoms with van der Waals surface area (Å²) in [6, 6.07) is 17.7. The number of hydrogen-bond acceptors (Lipinski definition) is 10. The van der Waals surface area contributed by atoms with E-state index in [-0.39, 0.29) is 72.6 Å². The van der Waals surface area contributed by atoms with Crippen molar-refractivity contribution in [2.45, 2.75) is 115 Å². The van der Waals surface area contributed by atoms with Gasteiger partial charge in [0.1, 0.15) is 18.4 Å². The van der Waals surface area contributed by atoms with E-state index in [1.54, 1.807) is 35.6 Å². The number of nitrogens with one attached hydrogen (secondary N) is 6. The molecule has 0 spiro atoms. The Bertz CT molecular complexity index is 2630. The van der Waals surface area contributed by atoms with Crippen LogP contribution in [0.1, 0.15) is 123 Å². The molecule has 3 aliphatic carbocycles. The van der Waals surface area contributed by atoms with Gasteiger partial charge in [0.25, 0.3) is 5.91 Å². The number of ether oxygens (including phenoxy) is 2. The second-order valence-electron chi connectivity index (χ2n) is 20.4. The van der Waals surface area contributed by atoms with Crippen molar-refractivity contribution in [3.05, 3.63) is 100 Å². The molecule has 15 nitrogen and oxygen atoms in total. The van der Waals surface area contributed by atoms with Crippen LogP contribution in [0.15, 0.2) is 78.2 Å². The van der Waals surface area contributed by atoms with Gasteiger partial charge in [0.05, 0.1) is 24.5 Å². The average Bonchev–Trinajstić information content (AvgIpc) is 3.91. The molecule has 0 saturated heterocycles. The topological polar surface area (TPSA) is 213 Å². The molecule has 16 heteroatoms. The molecule has 2 heterocycles. The fourth-order valence-corrected chi connectivity index (χ4v) is 12.4. The molecule has 5 unspecified atom stereocenters. The highest BCUT2D eigenvalue weighted by molar-refractivity contribution is 7.17. The molecule has 1 aliphatic heterocycles. The van der Waals surface area contributed by atoms with Gasteiger partial charge in [0.15, 0.2) is 0 Å². The van der Waals surface area contributed by atoms with E-state index in [1.807, 2.05) is 30.3 Å². The maximum atomic E-state index is 12.8. The summed E-state index contributed by atoms with van der Waals surface area (Å²) >= 11 is 1.61. The van der Waals surface area contributed by atoms with E-state index in [4.69, 9.17) is 9.47 Å². The molecule has 1 aromatic heterocycles. The van der Waals surface area contributed by atoms with E-state index in [0.717, 1.165) is 74.3 Å². The number of carbonyl (C=O) groups is 6. The second-order valence-corrected chi connectivity index (χ2v) is 21.3. The number of allylic oxidation sites excluding steroid dienone is 1. The minimum Gasteiger partial charge on any atom is -0.508 e. The lowest BCUT2D eigenvalue weighted by atomic mass is 9.54. The Balaban J connectivity index is 0.586. The first-order chi connectivity index (χ1) is 35.4. The summed E-state index contributed by atoms with van der Waals surface area (Å²) < 4.78 is 12.6. The zero-order valence-corrected chi connectivity index (χ0v) is 42.9. The molecule has 7 N–H and O–H groups in total. The minimum absolute atomic E-state index is 0.0339. The summed E-state index contributed by atoms with van der Waals surface area (Å²) in [6.07, 6.45) is 15.8. The molecule has 1 saturated carbocycles. The Morgan fingerprint density at radius 1 is 0.795 bits per heavy atom. The summed E-state index contributed by atoms with van der Waals surface area (Å²) in [6.45, 7) is 5.40. The Morgan fingerprint density at radius 3 is 2.44 bits per heavy atom. The highest BCUT2D eigenvalue weighted by Gasteiger charge is 2.52. The van der Waals surface area contributed by atoms with E-state index in [2.05, 4.69) is 62.4 Å². The number of unbranched alkanes of at least 4 members (excludes halogenated alkanes) is 3. The van der Waals surface area contributed by atoms with Gasteiger partial charge in [0.2, 0.25) is 29.5 Å². The third kappa shape index (κ3) is 14.2. The van der Waals surface area contributed by atoms with Crippen LogP contribution < -0.4 is 31.9 Å². The van der Waals surface area contributed by atoms with E-state index in [9.17, 15) is 33.9 Å². The molecule has 3 aromatic carbocycles. The van der Waals surface area contributed by atoms with E-state index in [0.29, 0.717) is 92.7 Å². The summed E-state index contributed by atoms with van der Waals surface area (Å²) in [5.41, 5.74) is 5.57. The lowest BCUT2D eigenvalue weighted by Gasteiger charge is -2.51. The molecule has 4 aliphatic rings. The number of para-hydroxylation sites is 1. The van der Waals surface area contributed by atoms with Crippen molar-refractivity contribution >= 4 is 68.2 Å². The smallest absolute Gasteiger partial charge is 0.254 e. The van der Waals surface area contributed by atoms with Crippen molar-refractivity contribution < 1.29 is 43.3 Å². The lowest BCUT2D eigenvalue weighted by molar-refractivity contribution is -0.127. The number of thiophene rings is 1. The van der Waals surface area contributed by atoms with Crippen molar-refractivity contribution in [3.63, 3.8) is 0 Å². The fourth-order valence-electron chi connectivity index (χ4n) is 11.4. The molecule has 6 amide bonds. The van der Waals surface area contributed by atoms with Crippen LogP contribution in [0.4, 0.5) is 11.4 Å². The summed E-state index contributed by atoms with van der Waals surface area (Å²) in [7, 11) is 0. The summed E-state index contributed by atoms with van der Waals surface area (Å²) in [5.74, 6) is 1.18. The van der Waals surface area contributed by atoms with Crippen LogP contribution in [-0.2, 0) is 46.3 Å². The van der Waals surface area contributed by atoms with Crippen LogP contribution in [0.3, 0.4) is 0 Å². The predicted octanol–water partition coefficient (Wildman–Crippen LogP) is 8.07. The van der Waals surface area contributed by atoms with Crippen LogP contribution in [0.2, 0.25) is 0 Å². The predicted molar refractivity (Wildman–Crippen MR) is 283 cm³/mol. The first-order valence-corrected chi connectivity index (χ1v) is 27.3. The number of fused-ring (bicyclic) bond motifs is 7. The van der Waals surface area contributed by atoms with Crippen molar-refractivity contribution in [1.82, 2.24) is 21.3 Å². The summed E-state index contributed by atoms with van der Waals surface area (Å²) in [5, 5.41) is 30.5. The van der Waals surface area contributed by atoms with Crippen molar-refractivity contribution in [2.75, 3.05) is 56.7 Å². The van der Waals surface area contributed by atoms with Crippen molar-refractivity contribution in [3.8, 4) is 5.75 Å². The lowest BCUT2D eigenvalue weighted by Crippen LogP contribution is -2.44. The third-order valence-corrected chi connectivity index (χ3v) is 16.4. The maximum absolute atomic E-state index is 12.8. The van der Waals surface area contributed by atoms with Crippen LogP contribution in [0, 0.1) is 23.2 Å². The SMILES string of the molecule is C[C@]12CCC3c4ccc(O)cc4CCC3C1C=CC2COCC(=O)NCCCOCCC(=O)NCCCCCNC(=O)CCCCc1csc2cc(NC(=O)CCC3NC(=O)c4ccccc4NC3=O)ccc12. The van der Waals surface area contributed by atoms with Crippen LogP contribution in [0.25, 0.3) is 10.1 Å². The molecule has 390 valence electrons. The van der Waals surface area contributed by atoms with Crippen LogP contribution >= 0.6 is 11.3 Å². The van der Waals surface area contributed by atoms with Gasteiger partial charge in [-0.1, -0.05) is 43.3 Å². The number of hydrogen-bond donors (Lipinski definition) is 7. The zero-order valence-electron chi connectivity index (χ0n) is 42.1. The number of carbonyl (C=O) groups excluding carboxylic acids is 6. The highest BCUT2D eigenvalue weighted by atomic mass is 32.1. The maximum Gasteiger partial charge on any atom is 0.254 e. The van der Waals surface area contributed by atoms with E-state index >= 15 is 0 Å². The molecule has 0 radical (unpaired) electrons. The average molecular weight is 1020 g/mol. The third-order valence-electron chi connectivity index (χ3n) is 15.4. The molecule has 1 fully saturated rings. The molecular formula is C57H72N6O9S. The quantitative estimate of drug-likeness (QED) is 0.0239. The van der Waals surface area contributed by atoms with Gasteiger partial charge in [-0.05, 0) is 164 Å². The van der Waals surface area contributed by atoms with Crippen molar-refractivity contribution in [1.29, 1.82) is 0 Å².